The second kappa shape index (κ2) is 47.3. The lowest BCUT2D eigenvalue weighted by Crippen LogP contribution is -2.30. The van der Waals surface area contributed by atoms with Gasteiger partial charge >= 0.3 is 17.9 Å². The molecule has 0 N–H and O–H groups in total. The minimum Gasteiger partial charge on any atom is -0.462 e. The summed E-state index contributed by atoms with van der Waals surface area (Å²) in [7, 11) is 0. The van der Waals surface area contributed by atoms with Crippen LogP contribution in [-0.2, 0) is 28.6 Å². The maximum Gasteiger partial charge on any atom is 0.306 e. The number of rotatable bonds is 45. The Morgan fingerprint density at radius 2 is 0.569 bits per heavy atom. The van der Waals surface area contributed by atoms with Gasteiger partial charge in [-0.25, -0.2) is 0 Å². The van der Waals surface area contributed by atoms with E-state index in [9.17, 15) is 14.4 Å². The maximum atomic E-state index is 12.8. The summed E-state index contributed by atoms with van der Waals surface area (Å²) in [6.07, 6.45) is 54.0. The van der Waals surface area contributed by atoms with Crippen molar-refractivity contribution in [2.45, 2.75) is 264 Å². The first-order chi connectivity index (χ1) is 28.5. The molecule has 0 fully saturated rings. The summed E-state index contributed by atoms with van der Waals surface area (Å²) in [5.74, 6) is -0.901. The van der Waals surface area contributed by atoms with Gasteiger partial charge in [-0.3, -0.25) is 14.4 Å². The Bertz CT molecular complexity index is 984. The van der Waals surface area contributed by atoms with E-state index in [1.165, 1.54) is 135 Å². The minimum absolute atomic E-state index is 0.0813. The van der Waals surface area contributed by atoms with Crippen molar-refractivity contribution in [2.75, 3.05) is 13.2 Å². The van der Waals surface area contributed by atoms with E-state index < -0.39 is 6.10 Å². The van der Waals surface area contributed by atoms with Crippen molar-refractivity contribution in [1.82, 2.24) is 0 Å². The molecule has 338 valence electrons. The second-order valence-corrected chi connectivity index (χ2v) is 16.7. The summed E-state index contributed by atoms with van der Waals surface area (Å²) in [4.78, 5) is 37.9. The smallest absolute Gasteiger partial charge is 0.306 e. The number of hydrogen-bond donors (Lipinski definition) is 0. The van der Waals surface area contributed by atoms with Gasteiger partial charge in [-0.15, -0.1) is 0 Å². The molecule has 0 aromatic rings. The Morgan fingerprint density at radius 1 is 0.328 bits per heavy atom. The molecule has 58 heavy (non-hydrogen) atoms. The number of hydrogen-bond acceptors (Lipinski definition) is 6. The van der Waals surface area contributed by atoms with Crippen LogP contribution in [0.3, 0.4) is 0 Å². The molecule has 0 aromatic carbocycles. The fourth-order valence-electron chi connectivity index (χ4n) is 7.01. The van der Waals surface area contributed by atoms with E-state index in [1.807, 2.05) is 0 Å². The lowest BCUT2D eigenvalue weighted by Gasteiger charge is -2.18. The van der Waals surface area contributed by atoms with Crippen LogP contribution >= 0.6 is 0 Å². The number of carbonyl (C=O) groups excluding carboxylic acids is 3. The average molecular weight is 815 g/mol. The lowest BCUT2D eigenvalue weighted by molar-refractivity contribution is -0.167. The molecule has 0 radical (unpaired) electrons. The molecule has 0 saturated carbocycles. The van der Waals surface area contributed by atoms with Gasteiger partial charge in [0.15, 0.2) is 6.10 Å². The molecule has 0 heterocycles. The summed E-state index contributed by atoms with van der Waals surface area (Å²) in [6, 6.07) is 0. The molecule has 6 nitrogen and oxygen atoms in total. The number of ether oxygens (including phenoxy) is 3. The van der Waals surface area contributed by atoms with Crippen LogP contribution in [0.4, 0.5) is 0 Å². The Hall–Kier alpha value is -2.37. The van der Waals surface area contributed by atoms with Crippen LogP contribution in [0.1, 0.15) is 258 Å². The predicted molar refractivity (Wildman–Crippen MR) is 247 cm³/mol. The summed E-state index contributed by atoms with van der Waals surface area (Å²) >= 11 is 0. The van der Waals surface area contributed by atoms with Crippen LogP contribution in [-0.4, -0.2) is 37.2 Å². The van der Waals surface area contributed by atoms with Crippen molar-refractivity contribution in [2.24, 2.45) is 0 Å². The van der Waals surface area contributed by atoms with E-state index >= 15 is 0 Å². The maximum absolute atomic E-state index is 12.8. The van der Waals surface area contributed by atoms with E-state index in [0.29, 0.717) is 19.3 Å². The topological polar surface area (TPSA) is 78.9 Å². The van der Waals surface area contributed by atoms with Crippen molar-refractivity contribution in [1.29, 1.82) is 0 Å². The van der Waals surface area contributed by atoms with Gasteiger partial charge in [0.25, 0.3) is 0 Å². The molecular weight excluding hydrogens is 721 g/mol. The molecular formula is C52H94O6. The molecule has 0 aliphatic carbocycles. The van der Waals surface area contributed by atoms with Gasteiger partial charge < -0.3 is 14.2 Å². The molecule has 0 aromatic heterocycles. The third kappa shape index (κ3) is 44.7. The number of allylic oxidation sites excluding steroid dienone is 6. The average Bonchev–Trinajstić information content (AvgIpc) is 3.22. The Morgan fingerprint density at radius 3 is 0.897 bits per heavy atom. The van der Waals surface area contributed by atoms with Crippen LogP contribution in [0.2, 0.25) is 0 Å². The quantitative estimate of drug-likeness (QED) is 0.0264. The molecule has 0 spiro atoms. The molecule has 0 rings (SSSR count). The Balaban J connectivity index is 4.40. The van der Waals surface area contributed by atoms with E-state index in [1.54, 1.807) is 0 Å². The molecule has 0 aliphatic rings. The van der Waals surface area contributed by atoms with Crippen molar-refractivity contribution in [3.8, 4) is 0 Å². The first kappa shape index (κ1) is 55.6. The van der Waals surface area contributed by atoms with Crippen molar-refractivity contribution in [3.63, 3.8) is 0 Å². The van der Waals surface area contributed by atoms with Gasteiger partial charge in [0.1, 0.15) is 13.2 Å². The monoisotopic (exact) mass is 815 g/mol. The van der Waals surface area contributed by atoms with E-state index in [2.05, 4.69) is 57.2 Å². The van der Waals surface area contributed by atoms with Gasteiger partial charge in [0, 0.05) is 19.3 Å². The summed E-state index contributed by atoms with van der Waals surface area (Å²) in [5.41, 5.74) is 0. The zero-order valence-corrected chi connectivity index (χ0v) is 38.6. The highest BCUT2D eigenvalue weighted by molar-refractivity contribution is 5.71. The number of unbranched alkanes of at least 4 members (excludes halogenated alkanes) is 28. The van der Waals surface area contributed by atoms with Crippen LogP contribution in [0.5, 0.6) is 0 Å². The molecule has 0 aliphatic heterocycles. The van der Waals surface area contributed by atoms with E-state index in [-0.39, 0.29) is 31.1 Å². The normalized spacial score (nSPS) is 12.3. The van der Waals surface area contributed by atoms with Crippen LogP contribution in [0, 0.1) is 0 Å². The first-order valence-electron chi connectivity index (χ1n) is 25.0. The Labute approximate surface area is 359 Å². The van der Waals surface area contributed by atoms with Crippen LogP contribution in [0.15, 0.2) is 36.5 Å². The highest BCUT2D eigenvalue weighted by Gasteiger charge is 2.19. The highest BCUT2D eigenvalue weighted by Crippen LogP contribution is 2.14. The SMILES string of the molecule is CCCCC/C=C\CCCCCCCC(=O)OCC(COC(=O)CCCCCCC/C=C\CCCCCCC)OC(=O)CCCCCCC/C=C\CCCCCCC. The van der Waals surface area contributed by atoms with Gasteiger partial charge in [-0.1, -0.05) is 179 Å². The van der Waals surface area contributed by atoms with Gasteiger partial charge in [0.05, 0.1) is 0 Å². The van der Waals surface area contributed by atoms with Crippen LogP contribution in [0.25, 0.3) is 0 Å². The molecule has 0 saturated heterocycles. The number of carbonyl (C=O) groups is 3. The summed E-state index contributed by atoms with van der Waals surface area (Å²) in [5, 5.41) is 0. The van der Waals surface area contributed by atoms with Crippen molar-refractivity contribution < 1.29 is 28.6 Å². The minimum atomic E-state index is -0.779. The Kier molecular flexibility index (Phi) is 45.4. The zero-order valence-electron chi connectivity index (χ0n) is 38.6. The standard InChI is InChI=1S/C52H94O6/c1-4-7-10-13-16-19-22-25-27-30-33-36-39-42-45-51(54)57-48-49(47-56-50(53)44-41-38-35-32-29-24-21-18-15-12-9-6-3)58-52(55)46-43-40-37-34-31-28-26-23-20-17-14-11-8-5-2/h18,21-23,25-26,49H,4-17,19-20,24,27-48H2,1-3H3/b21-18-,25-22-,26-23-. The third-order valence-electron chi connectivity index (χ3n) is 10.8. The summed E-state index contributed by atoms with van der Waals surface area (Å²) in [6.45, 7) is 6.58. The molecule has 0 amide bonds. The largest absolute Gasteiger partial charge is 0.462 e. The highest BCUT2D eigenvalue weighted by atomic mass is 16.6. The van der Waals surface area contributed by atoms with Gasteiger partial charge in [-0.05, 0) is 96.3 Å². The first-order valence-corrected chi connectivity index (χ1v) is 25.0. The van der Waals surface area contributed by atoms with Crippen molar-refractivity contribution >= 4 is 17.9 Å². The number of esters is 3. The van der Waals surface area contributed by atoms with E-state index in [0.717, 1.165) is 83.5 Å². The van der Waals surface area contributed by atoms with Crippen molar-refractivity contribution in [3.05, 3.63) is 36.5 Å². The second-order valence-electron chi connectivity index (χ2n) is 16.7. The summed E-state index contributed by atoms with van der Waals surface area (Å²) < 4.78 is 16.7. The lowest BCUT2D eigenvalue weighted by atomic mass is 10.1. The molecule has 1 atom stereocenters. The van der Waals surface area contributed by atoms with Gasteiger partial charge in [-0.2, -0.15) is 0 Å². The fourth-order valence-corrected chi connectivity index (χ4v) is 7.01. The fraction of sp³-hybridized carbons (Fsp3) is 0.827. The van der Waals surface area contributed by atoms with E-state index in [4.69, 9.17) is 14.2 Å². The predicted octanol–water partition coefficient (Wildman–Crippen LogP) is 16.1. The van der Waals surface area contributed by atoms with Crippen LogP contribution < -0.4 is 0 Å². The molecule has 6 heteroatoms. The molecule has 1 unspecified atom stereocenters. The zero-order chi connectivity index (χ0) is 42.3. The van der Waals surface area contributed by atoms with Gasteiger partial charge in [0.2, 0.25) is 0 Å². The molecule has 0 bridgehead atoms. The third-order valence-corrected chi connectivity index (χ3v) is 10.8.